The Morgan fingerprint density at radius 2 is 2.04 bits per heavy atom. The van der Waals surface area contributed by atoms with Crippen LogP contribution in [0, 0.1) is 0 Å². The minimum atomic E-state index is -0.478. The fraction of sp³-hybridized carbons (Fsp3) is 0.294. The van der Waals surface area contributed by atoms with Gasteiger partial charge in [-0.25, -0.2) is 0 Å². The summed E-state index contributed by atoms with van der Waals surface area (Å²) in [7, 11) is 0. The van der Waals surface area contributed by atoms with Gasteiger partial charge in [0.2, 0.25) is 0 Å². The minimum absolute atomic E-state index is 0.125. The van der Waals surface area contributed by atoms with E-state index in [1.807, 2.05) is 13.8 Å². The van der Waals surface area contributed by atoms with E-state index in [2.05, 4.69) is 26.2 Å². The van der Waals surface area contributed by atoms with E-state index in [9.17, 15) is 9.59 Å². The molecular weight excluding hydrogens is 412 g/mol. The quantitative estimate of drug-likeness (QED) is 0.690. The summed E-state index contributed by atoms with van der Waals surface area (Å²) in [5.74, 6) is 0.312. The molecule has 0 bridgehead atoms. The summed E-state index contributed by atoms with van der Waals surface area (Å²) in [5.41, 5.74) is -0.0213. The summed E-state index contributed by atoms with van der Waals surface area (Å²) in [5, 5.41) is 2.83. The Hall–Kier alpha value is -1.99. The van der Waals surface area contributed by atoms with E-state index < -0.39 is 11.5 Å². The van der Waals surface area contributed by atoms with Gasteiger partial charge in [-0.1, -0.05) is 18.5 Å². The fourth-order valence-electron chi connectivity index (χ4n) is 2.05. The number of nitrogens with one attached hydrogen (secondary N) is 2. The van der Waals surface area contributed by atoms with Gasteiger partial charge in [-0.15, -0.1) is 0 Å². The van der Waals surface area contributed by atoms with Gasteiger partial charge in [0.1, 0.15) is 5.69 Å². The van der Waals surface area contributed by atoms with Crippen molar-refractivity contribution in [3.8, 4) is 11.5 Å². The number of pyridine rings is 1. The molecule has 2 aromatic rings. The van der Waals surface area contributed by atoms with Crippen LogP contribution in [-0.2, 0) is 0 Å². The first-order chi connectivity index (χ1) is 12.0. The van der Waals surface area contributed by atoms with Crippen molar-refractivity contribution >= 4 is 39.1 Å². The molecule has 6 nitrogen and oxygen atoms in total. The second kappa shape index (κ2) is 8.92. The van der Waals surface area contributed by atoms with E-state index in [0.29, 0.717) is 29.2 Å². The number of aromatic amines is 1. The number of hydrogen-bond acceptors (Lipinski definition) is 4. The van der Waals surface area contributed by atoms with Crippen LogP contribution in [0.4, 0.5) is 5.69 Å². The van der Waals surface area contributed by atoms with Crippen molar-refractivity contribution in [1.82, 2.24) is 4.98 Å². The molecule has 25 heavy (non-hydrogen) atoms. The third-order valence-corrected chi connectivity index (χ3v) is 3.88. The maximum atomic E-state index is 12.5. The summed E-state index contributed by atoms with van der Waals surface area (Å²) in [6, 6.07) is 4.54. The first-order valence-electron chi connectivity index (χ1n) is 7.75. The molecule has 0 fully saturated rings. The predicted molar refractivity (Wildman–Crippen MR) is 101 cm³/mol. The van der Waals surface area contributed by atoms with Crippen molar-refractivity contribution in [3.05, 3.63) is 49.8 Å². The van der Waals surface area contributed by atoms with Crippen LogP contribution in [0.3, 0.4) is 0 Å². The molecule has 1 heterocycles. The lowest BCUT2D eigenvalue weighted by molar-refractivity contribution is 0.102. The van der Waals surface area contributed by atoms with Crippen molar-refractivity contribution in [2.75, 3.05) is 18.5 Å². The van der Waals surface area contributed by atoms with Crippen LogP contribution in [0.15, 0.2) is 33.7 Å². The van der Waals surface area contributed by atoms with Gasteiger partial charge >= 0.3 is 0 Å². The monoisotopic (exact) mass is 428 g/mol. The predicted octanol–water partition coefficient (Wildman–Crippen LogP) is 4.23. The van der Waals surface area contributed by atoms with E-state index in [4.69, 9.17) is 21.1 Å². The van der Waals surface area contributed by atoms with Crippen LogP contribution >= 0.6 is 27.5 Å². The summed E-state index contributed by atoms with van der Waals surface area (Å²) in [6.07, 6.45) is 2.30. The van der Waals surface area contributed by atoms with E-state index in [1.54, 1.807) is 6.07 Å². The smallest absolute Gasteiger partial charge is 0.271 e. The van der Waals surface area contributed by atoms with Crippen molar-refractivity contribution in [2.24, 2.45) is 0 Å². The molecule has 1 aromatic carbocycles. The third kappa shape index (κ3) is 4.99. The molecule has 0 saturated heterocycles. The van der Waals surface area contributed by atoms with Crippen LogP contribution in [-0.4, -0.2) is 24.1 Å². The first-order valence-corrected chi connectivity index (χ1v) is 8.92. The Morgan fingerprint density at radius 1 is 1.28 bits per heavy atom. The number of hydrogen-bond donors (Lipinski definition) is 2. The fourth-order valence-corrected chi connectivity index (χ4v) is 2.66. The number of anilines is 1. The van der Waals surface area contributed by atoms with E-state index >= 15 is 0 Å². The number of H-pyrrole nitrogens is 1. The van der Waals surface area contributed by atoms with Crippen molar-refractivity contribution in [1.29, 1.82) is 0 Å². The van der Waals surface area contributed by atoms with Gasteiger partial charge in [-0.2, -0.15) is 0 Å². The lowest BCUT2D eigenvalue weighted by Gasteiger charge is -2.15. The zero-order chi connectivity index (χ0) is 18.4. The standard InChI is InChI=1S/C17H18BrClN2O4/c1-3-5-25-15-12(19)6-10(7-14(15)24-4-2)16(22)21-13-8-11(18)9-20-17(13)23/h6-9H,3-5H2,1-2H3,(H,20,23)(H,21,22). The van der Waals surface area contributed by atoms with E-state index in [-0.39, 0.29) is 16.3 Å². The SMILES string of the molecule is CCCOc1c(Cl)cc(C(=O)Nc2cc(Br)c[nH]c2=O)cc1OCC. The molecule has 1 amide bonds. The van der Waals surface area contributed by atoms with Crippen LogP contribution in [0.2, 0.25) is 5.02 Å². The molecule has 0 atom stereocenters. The van der Waals surface area contributed by atoms with Gasteiger partial charge in [-0.3, -0.25) is 9.59 Å². The number of carbonyl (C=O) groups is 1. The topological polar surface area (TPSA) is 80.4 Å². The lowest BCUT2D eigenvalue weighted by atomic mass is 10.1. The molecule has 134 valence electrons. The highest BCUT2D eigenvalue weighted by atomic mass is 79.9. The zero-order valence-electron chi connectivity index (χ0n) is 13.8. The van der Waals surface area contributed by atoms with Gasteiger partial charge in [-0.05, 0) is 47.5 Å². The Morgan fingerprint density at radius 3 is 2.72 bits per heavy atom. The summed E-state index contributed by atoms with van der Waals surface area (Å²) < 4.78 is 11.8. The van der Waals surface area contributed by atoms with Crippen molar-refractivity contribution in [3.63, 3.8) is 0 Å². The maximum absolute atomic E-state index is 12.5. The molecule has 8 heteroatoms. The van der Waals surface area contributed by atoms with Gasteiger partial charge in [0.25, 0.3) is 11.5 Å². The summed E-state index contributed by atoms with van der Waals surface area (Å²) in [4.78, 5) is 26.8. The number of rotatable bonds is 7. The normalized spacial score (nSPS) is 10.4. The van der Waals surface area contributed by atoms with Crippen molar-refractivity contribution < 1.29 is 14.3 Å². The molecule has 1 aromatic heterocycles. The van der Waals surface area contributed by atoms with Gasteiger partial charge in [0.05, 0.1) is 18.2 Å². The lowest BCUT2D eigenvalue weighted by Crippen LogP contribution is -2.19. The highest BCUT2D eigenvalue weighted by Crippen LogP contribution is 2.37. The molecule has 0 radical (unpaired) electrons. The number of halogens is 2. The average Bonchev–Trinajstić information content (AvgIpc) is 2.57. The number of benzene rings is 1. The number of carbonyl (C=O) groups excluding carboxylic acids is 1. The zero-order valence-corrected chi connectivity index (χ0v) is 16.2. The Balaban J connectivity index is 2.33. The molecule has 2 N–H and O–H groups in total. The molecule has 0 spiro atoms. The molecule has 0 aliphatic heterocycles. The second-order valence-corrected chi connectivity index (χ2v) is 6.40. The van der Waals surface area contributed by atoms with Crippen LogP contribution in [0.25, 0.3) is 0 Å². The highest BCUT2D eigenvalue weighted by molar-refractivity contribution is 9.10. The summed E-state index contributed by atoms with van der Waals surface area (Å²) >= 11 is 9.49. The summed E-state index contributed by atoms with van der Waals surface area (Å²) in [6.45, 7) is 4.69. The number of amides is 1. The van der Waals surface area contributed by atoms with Crippen LogP contribution < -0.4 is 20.3 Å². The highest BCUT2D eigenvalue weighted by Gasteiger charge is 2.17. The molecular formula is C17H18BrClN2O4. The third-order valence-electron chi connectivity index (χ3n) is 3.14. The molecule has 0 unspecified atom stereocenters. The molecule has 0 aliphatic rings. The Kier molecular flexibility index (Phi) is 6.90. The molecule has 0 aliphatic carbocycles. The van der Waals surface area contributed by atoms with Crippen LogP contribution in [0.1, 0.15) is 30.6 Å². The van der Waals surface area contributed by atoms with Gasteiger partial charge in [0.15, 0.2) is 11.5 Å². The minimum Gasteiger partial charge on any atom is -0.490 e. The van der Waals surface area contributed by atoms with E-state index in [0.717, 1.165) is 6.42 Å². The van der Waals surface area contributed by atoms with Gasteiger partial charge < -0.3 is 19.8 Å². The first kappa shape index (κ1) is 19.3. The maximum Gasteiger partial charge on any atom is 0.271 e. The molecule has 0 saturated carbocycles. The Bertz CT molecular complexity index is 823. The second-order valence-electron chi connectivity index (χ2n) is 5.08. The van der Waals surface area contributed by atoms with Gasteiger partial charge in [0, 0.05) is 16.2 Å². The average molecular weight is 430 g/mol. The Labute approximate surface area is 158 Å². The largest absolute Gasteiger partial charge is 0.490 e. The van der Waals surface area contributed by atoms with Crippen molar-refractivity contribution in [2.45, 2.75) is 20.3 Å². The molecule has 2 rings (SSSR count). The number of ether oxygens (including phenoxy) is 2. The van der Waals surface area contributed by atoms with E-state index in [1.165, 1.54) is 18.3 Å². The van der Waals surface area contributed by atoms with Crippen LogP contribution in [0.5, 0.6) is 11.5 Å². The number of aromatic nitrogens is 1.